The van der Waals surface area contributed by atoms with E-state index in [1.54, 1.807) is 19.2 Å². The van der Waals surface area contributed by atoms with Crippen molar-refractivity contribution in [1.82, 2.24) is 9.97 Å². The molecule has 0 aliphatic heterocycles. The number of nitrogens with one attached hydrogen (secondary N) is 1. The largest absolute Gasteiger partial charge is 0.497 e. The SMILES string of the molecule is COc1ccc2nc(Sc3ccc(C#N)cc3F)[nH]c2c1. The molecule has 0 radical (unpaired) electrons. The minimum Gasteiger partial charge on any atom is -0.497 e. The molecule has 0 saturated heterocycles. The van der Waals surface area contributed by atoms with E-state index >= 15 is 0 Å². The summed E-state index contributed by atoms with van der Waals surface area (Å²) in [5.41, 5.74) is 1.91. The number of imidazole rings is 1. The Labute approximate surface area is 124 Å². The Morgan fingerprint density at radius 3 is 2.86 bits per heavy atom. The first-order valence-corrected chi connectivity index (χ1v) is 6.92. The van der Waals surface area contributed by atoms with E-state index in [1.165, 1.54) is 17.8 Å². The maximum Gasteiger partial charge on any atom is 0.171 e. The lowest BCUT2D eigenvalue weighted by Crippen LogP contribution is -1.84. The van der Waals surface area contributed by atoms with Gasteiger partial charge in [0.25, 0.3) is 0 Å². The maximum absolute atomic E-state index is 13.9. The van der Waals surface area contributed by atoms with Gasteiger partial charge in [-0.2, -0.15) is 5.26 Å². The van der Waals surface area contributed by atoms with Gasteiger partial charge in [0, 0.05) is 6.07 Å². The zero-order valence-electron chi connectivity index (χ0n) is 11.1. The van der Waals surface area contributed by atoms with Gasteiger partial charge in [0.05, 0.1) is 34.7 Å². The summed E-state index contributed by atoms with van der Waals surface area (Å²) >= 11 is 1.18. The van der Waals surface area contributed by atoms with Gasteiger partial charge in [0.1, 0.15) is 11.6 Å². The quantitative estimate of drug-likeness (QED) is 0.800. The van der Waals surface area contributed by atoms with Crippen LogP contribution in [-0.4, -0.2) is 17.1 Å². The van der Waals surface area contributed by atoms with Crippen molar-refractivity contribution < 1.29 is 9.13 Å². The number of nitriles is 1. The number of halogens is 1. The summed E-state index contributed by atoms with van der Waals surface area (Å²) in [6.45, 7) is 0. The third-order valence-corrected chi connectivity index (χ3v) is 3.87. The Kier molecular flexibility index (Phi) is 3.50. The number of rotatable bonds is 3. The average molecular weight is 299 g/mol. The molecule has 4 nitrogen and oxygen atoms in total. The number of hydrogen-bond donors (Lipinski definition) is 1. The second-order valence-corrected chi connectivity index (χ2v) is 5.31. The minimum atomic E-state index is -0.433. The highest BCUT2D eigenvalue weighted by molar-refractivity contribution is 7.99. The van der Waals surface area contributed by atoms with Crippen molar-refractivity contribution >= 4 is 22.8 Å². The monoisotopic (exact) mass is 299 g/mol. The van der Waals surface area contributed by atoms with Crippen LogP contribution in [0.1, 0.15) is 5.56 Å². The standard InChI is InChI=1S/C15H10FN3OS/c1-20-10-3-4-12-13(7-10)19-15(18-12)21-14-5-2-9(8-17)6-11(14)16/h2-7H,1H3,(H,18,19). The average Bonchev–Trinajstić information content (AvgIpc) is 2.90. The molecule has 3 aromatic rings. The number of H-pyrrole nitrogens is 1. The third kappa shape index (κ3) is 2.69. The van der Waals surface area contributed by atoms with Crippen LogP contribution in [0.5, 0.6) is 5.75 Å². The molecule has 1 N–H and O–H groups in total. The fourth-order valence-corrected chi connectivity index (χ4v) is 2.70. The van der Waals surface area contributed by atoms with Gasteiger partial charge in [-0.3, -0.25) is 0 Å². The summed E-state index contributed by atoms with van der Waals surface area (Å²) in [6.07, 6.45) is 0. The highest BCUT2D eigenvalue weighted by Crippen LogP contribution is 2.30. The van der Waals surface area contributed by atoms with E-state index in [2.05, 4.69) is 9.97 Å². The van der Waals surface area contributed by atoms with Gasteiger partial charge in [-0.25, -0.2) is 9.37 Å². The van der Waals surface area contributed by atoms with Crippen LogP contribution in [0.25, 0.3) is 11.0 Å². The predicted molar refractivity (Wildman–Crippen MR) is 77.9 cm³/mol. The Morgan fingerprint density at radius 1 is 1.29 bits per heavy atom. The summed E-state index contributed by atoms with van der Waals surface area (Å²) in [6, 6.07) is 11.8. The van der Waals surface area contributed by atoms with Crippen LogP contribution in [0.15, 0.2) is 46.5 Å². The molecule has 21 heavy (non-hydrogen) atoms. The van der Waals surface area contributed by atoms with Crippen LogP contribution in [-0.2, 0) is 0 Å². The van der Waals surface area contributed by atoms with Gasteiger partial charge in [-0.05, 0) is 42.1 Å². The lowest BCUT2D eigenvalue weighted by molar-refractivity contribution is 0.415. The molecule has 2 aromatic carbocycles. The number of aromatic amines is 1. The molecular weight excluding hydrogens is 289 g/mol. The Hall–Kier alpha value is -2.52. The van der Waals surface area contributed by atoms with Crippen molar-refractivity contribution in [2.45, 2.75) is 10.1 Å². The fraction of sp³-hybridized carbons (Fsp3) is 0.0667. The van der Waals surface area contributed by atoms with Crippen LogP contribution in [0.2, 0.25) is 0 Å². The van der Waals surface area contributed by atoms with Crippen LogP contribution >= 0.6 is 11.8 Å². The third-order valence-electron chi connectivity index (χ3n) is 2.93. The lowest BCUT2D eigenvalue weighted by atomic mass is 10.2. The highest BCUT2D eigenvalue weighted by atomic mass is 32.2. The lowest BCUT2D eigenvalue weighted by Gasteiger charge is -2.00. The summed E-state index contributed by atoms with van der Waals surface area (Å²) in [7, 11) is 1.60. The predicted octanol–water partition coefficient (Wildman–Crippen LogP) is 3.73. The van der Waals surface area contributed by atoms with Gasteiger partial charge in [-0.1, -0.05) is 0 Å². The smallest absolute Gasteiger partial charge is 0.171 e. The number of nitrogens with zero attached hydrogens (tertiary/aromatic N) is 2. The zero-order valence-corrected chi connectivity index (χ0v) is 11.9. The first-order valence-electron chi connectivity index (χ1n) is 6.11. The molecule has 0 aliphatic rings. The maximum atomic E-state index is 13.9. The number of aromatic nitrogens is 2. The second-order valence-electron chi connectivity index (χ2n) is 4.28. The van der Waals surface area contributed by atoms with Crippen molar-refractivity contribution in [3.63, 3.8) is 0 Å². The molecule has 0 aliphatic carbocycles. The van der Waals surface area contributed by atoms with Crippen molar-refractivity contribution in [3.8, 4) is 11.8 Å². The number of methoxy groups -OCH3 is 1. The van der Waals surface area contributed by atoms with Crippen molar-refractivity contribution in [1.29, 1.82) is 5.26 Å². The molecule has 104 valence electrons. The summed E-state index contributed by atoms with van der Waals surface area (Å²) < 4.78 is 19.0. The van der Waals surface area contributed by atoms with Gasteiger partial charge in [0.2, 0.25) is 0 Å². The van der Waals surface area contributed by atoms with Crippen molar-refractivity contribution in [2.24, 2.45) is 0 Å². The van der Waals surface area contributed by atoms with E-state index in [9.17, 15) is 4.39 Å². The van der Waals surface area contributed by atoms with E-state index in [1.807, 2.05) is 24.3 Å². The van der Waals surface area contributed by atoms with Crippen LogP contribution in [0.4, 0.5) is 4.39 Å². The first-order chi connectivity index (χ1) is 10.2. The summed E-state index contributed by atoms with van der Waals surface area (Å²) in [4.78, 5) is 7.92. The van der Waals surface area contributed by atoms with E-state index in [0.29, 0.717) is 15.6 Å². The van der Waals surface area contributed by atoms with Crippen LogP contribution in [0, 0.1) is 17.1 Å². The molecule has 0 saturated carbocycles. The van der Waals surface area contributed by atoms with Gasteiger partial charge in [0.15, 0.2) is 5.16 Å². The van der Waals surface area contributed by atoms with Gasteiger partial charge < -0.3 is 9.72 Å². The molecule has 1 aromatic heterocycles. The van der Waals surface area contributed by atoms with E-state index in [-0.39, 0.29) is 0 Å². The zero-order chi connectivity index (χ0) is 14.8. The number of hydrogen-bond acceptors (Lipinski definition) is 4. The number of ether oxygens (including phenoxy) is 1. The Bertz CT molecular complexity index is 854. The Balaban J connectivity index is 1.93. The molecule has 0 amide bonds. The molecule has 0 bridgehead atoms. The molecule has 3 rings (SSSR count). The Morgan fingerprint density at radius 2 is 2.14 bits per heavy atom. The number of benzene rings is 2. The molecule has 0 unspecified atom stereocenters. The molecular formula is C15H10FN3OS. The second kappa shape index (κ2) is 5.46. The van der Waals surface area contributed by atoms with Crippen LogP contribution < -0.4 is 4.74 Å². The number of fused-ring (bicyclic) bond motifs is 1. The summed E-state index contributed by atoms with van der Waals surface area (Å²) in [5, 5.41) is 9.32. The van der Waals surface area contributed by atoms with Gasteiger partial charge in [-0.15, -0.1) is 0 Å². The topological polar surface area (TPSA) is 61.7 Å². The molecule has 1 heterocycles. The van der Waals surface area contributed by atoms with Gasteiger partial charge >= 0.3 is 0 Å². The molecule has 0 atom stereocenters. The van der Waals surface area contributed by atoms with E-state index < -0.39 is 5.82 Å². The first kappa shape index (κ1) is 13.5. The molecule has 0 spiro atoms. The van der Waals surface area contributed by atoms with E-state index in [4.69, 9.17) is 10.00 Å². The normalized spacial score (nSPS) is 10.5. The van der Waals surface area contributed by atoms with Crippen LogP contribution in [0.3, 0.4) is 0 Å². The molecule has 6 heteroatoms. The van der Waals surface area contributed by atoms with Crippen molar-refractivity contribution in [2.75, 3.05) is 7.11 Å². The summed E-state index contributed by atoms with van der Waals surface area (Å²) in [5.74, 6) is 0.296. The molecule has 0 fully saturated rings. The fourth-order valence-electron chi connectivity index (χ4n) is 1.90. The van der Waals surface area contributed by atoms with Crippen molar-refractivity contribution in [3.05, 3.63) is 47.8 Å². The highest BCUT2D eigenvalue weighted by Gasteiger charge is 2.09. The minimum absolute atomic E-state index is 0.297. The van der Waals surface area contributed by atoms with E-state index in [0.717, 1.165) is 16.8 Å².